The van der Waals surface area contributed by atoms with Gasteiger partial charge < -0.3 is 19.2 Å². The number of oxazole rings is 1. The summed E-state index contributed by atoms with van der Waals surface area (Å²) >= 11 is 1.52. The molecule has 0 aliphatic carbocycles. The number of ether oxygens (including phenoxy) is 2. The summed E-state index contributed by atoms with van der Waals surface area (Å²) in [6, 6.07) is 9.81. The summed E-state index contributed by atoms with van der Waals surface area (Å²) in [7, 11) is 0. The summed E-state index contributed by atoms with van der Waals surface area (Å²) in [6.45, 7) is 7.89. The van der Waals surface area contributed by atoms with Crippen LogP contribution >= 0.6 is 11.3 Å². The van der Waals surface area contributed by atoms with Crippen LogP contribution in [0.1, 0.15) is 42.6 Å². The van der Waals surface area contributed by atoms with Crippen molar-refractivity contribution in [3.05, 3.63) is 58.8 Å². The number of hydrogen-bond donors (Lipinski definition) is 1. The maximum atomic E-state index is 12.7. The molecule has 0 bridgehead atoms. The zero-order chi connectivity index (χ0) is 22.4. The number of nitrogens with one attached hydrogen (secondary N) is 1. The normalized spacial score (nSPS) is 11.9. The zero-order valence-corrected chi connectivity index (χ0v) is 18.8. The van der Waals surface area contributed by atoms with Crippen molar-refractivity contribution in [3.8, 4) is 16.5 Å². The fourth-order valence-corrected chi connectivity index (χ4v) is 3.54. The molecule has 0 saturated carbocycles. The third-order valence-electron chi connectivity index (χ3n) is 4.61. The molecule has 2 heterocycles. The van der Waals surface area contributed by atoms with Crippen LogP contribution in [0.25, 0.3) is 10.8 Å². The minimum atomic E-state index is -0.789. The quantitative estimate of drug-likeness (QED) is 0.487. The molecule has 0 unspecified atom stereocenters. The molecule has 1 N–H and O–H groups in total. The molecule has 0 spiro atoms. The Morgan fingerprint density at radius 3 is 2.55 bits per heavy atom. The van der Waals surface area contributed by atoms with Crippen molar-refractivity contribution >= 4 is 23.2 Å². The van der Waals surface area contributed by atoms with E-state index in [1.54, 1.807) is 31.2 Å². The highest BCUT2D eigenvalue weighted by molar-refractivity contribution is 7.13. The first-order valence-electron chi connectivity index (χ1n) is 10.1. The summed E-state index contributed by atoms with van der Waals surface area (Å²) < 4.78 is 16.5. The lowest BCUT2D eigenvalue weighted by Crippen LogP contribution is -2.45. The molecule has 1 amide bonds. The van der Waals surface area contributed by atoms with E-state index >= 15 is 0 Å². The van der Waals surface area contributed by atoms with Crippen molar-refractivity contribution < 1.29 is 23.5 Å². The number of benzene rings is 1. The molecule has 0 aliphatic rings. The van der Waals surface area contributed by atoms with Crippen molar-refractivity contribution in [2.75, 3.05) is 6.61 Å². The average molecular weight is 443 g/mol. The SMILES string of the molecule is CCOc1ccc(C(=O)N[C@H](C(=O)OCc2nc(-c3cccs3)oc2C)C(C)C)cc1. The maximum absolute atomic E-state index is 12.7. The van der Waals surface area contributed by atoms with E-state index in [1.165, 1.54) is 11.3 Å². The number of nitrogens with zero attached hydrogens (tertiary/aromatic N) is 1. The predicted octanol–water partition coefficient (Wildman–Crippen LogP) is 4.61. The van der Waals surface area contributed by atoms with Crippen LogP contribution in [0, 0.1) is 12.8 Å². The summed E-state index contributed by atoms with van der Waals surface area (Å²) in [4.78, 5) is 30.6. The van der Waals surface area contributed by atoms with Gasteiger partial charge in [-0.25, -0.2) is 9.78 Å². The Morgan fingerprint density at radius 2 is 1.94 bits per heavy atom. The number of carbonyl (C=O) groups is 2. The maximum Gasteiger partial charge on any atom is 0.329 e. The second-order valence-corrected chi connectivity index (χ2v) is 8.21. The van der Waals surface area contributed by atoms with Crippen molar-refractivity contribution in [2.24, 2.45) is 5.92 Å². The van der Waals surface area contributed by atoms with Gasteiger partial charge in [0, 0.05) is 5.56 Å². The molecule has 1 aromatic carbocycles. The summed E-state index contributed by atoms with van der Waals surface area (Å²) in [5, 5.41) is 4.71. The third-order valence-corrected chi connectivity index (χ3v) is 5.47. The number of carbonyl (C=O) groups excluding carboxylic acids is 2. The number of thiophene rings is 1. The Balaban J connectivity index is 1.62. The van der Waals surface area contributed by atoms with Gasteiger partial charge in [-0.1, -0.05) is 19.9 Å². The van der Waals surface area contributed by atoms with Crippen LogP contribution in [-0.4, -0.2) is 29.5 Å². The van der Waals surface area contributed by atoms with Gasteiger partial charge in [-0.2, -0.15) is 0 Å². The van der Waals surface area contributed by atoms with Gasteiger partial charge in [0.25, 0.3) is 5.91 Å². The molecule has 0 fully saturated rings. The van der Waals surface area contributed by atoms with Crippen LogP contribution in [0.2, 0.25) is 0 Å². The molecule has 8 heteroatoms. The summed E-state index contributed by atoms with van der Waals surface area (Å²) in [6.07, 6.45) is 0. The molecule has 3 rings (SSSR count). The van der Waals surface area contributed by atoms with Crippen molar-refractivity contribution in [2.45, 2.75) is 40.3 Å². The Bertz CT molecular complexity index is 1010. The van der Waals surface area contributed by atoms with Crippen molar-refractivity contribution in [1.29, 1.82) is 0 Å². The van der Waals surface area contributed by atoms with Crippen LogP contribution in [0.3, 0.4) is 0 Å². The van der Waals surface area contributed by atoms with Gasteiger partial charge in [0.2, 0.25) is 5.89 Å². The second kappa shape index (κ2) is 10.3. The lowest BCUT2D eigenvalue weighted by molar-refractivity contribution is -0.148. The number of esters is 1. The Morgan fingerprint density at radius 1 is 1.19 bits per heavy atom. The lowest BCUT2D eigenvalue weighted by Gasteiger charge is -2.20. The standard InChI is InChI=1S/C23H26N2O5S/c1-5-28-17-10-8-16(9-11-17)21(26)25-20(14(2)3)23(27)29-13-18-15(4)30-22(24-18)19-7-6-12-31-19/h6-12,14,20H,5,13H2,1-4H3,(H,25,26)/t20-/m0/s1. The fraction of sp³-hybridized carbons (Fsp3) is 0.348. The molecule has 0 saturated heterocycles. The topological polar surface area (TPSA) is 90.7 Å². The Labute approximate surface area is 185 Å². The number of hydrogen-bond acceptors (Lipinski definition) is 7. The molecular formula is C23H26N2O5S. The molecule has 3 aromatic rings. The zero-order valence-electron chi connectivity index (χ0n) is 18.0. The highest BCUT2D eigenvalue weighted by Crippen LogP contribution is 2.26. The van der Waals surface area contributed by atoms with Gasteiger partial charge in [-0.05, 0) is 55.5 Å². The number of amides is 1. The van der Waals surface area contributed by atoms with Crippen LogP contribution < -0.4 is 10.1 Å². The van der Waals surface area contributed by atoms with E-state index in [0.29, 0.717) is 35.3 Å². The van der Waals surface area contributed by atoms with Gasteiger partial charge >= 0.3 is 5.97 Å². The van der Waals surface area contributed by atoms with E-state index in [9.17, 15) is 9.59 Å². The first-order chi connectivity index (χ1) is 14.9. The van der Waals surface area contributed by atoms with E-state index in [2.05, 4.69) is 10.3 Å². The van der Waals surface area contributed by atoms with E-state index in [0.717, 1.165) is 4.88 Å². The Hall–Kier alpha value is -3.13. The molecule has 0 aliphatic heterocycles. The largest absolute Gasteiger partial charge is 0.494 e. The molecular weight excluding hydrogens is 416 g/mol. The van der Waals surface area contributed by atoms with Crippen LogP contribution in [0.5, 0.6) is 5.75 Å². The highest BCUT2D eigenvalue weighted by atomic mass is 32.1. The fourth-order valence-electron chi connectivity index (χ4n) is 2.89. The number of rotatable bonds is 9. The van der Waals surface area contributed by atoms with Gasteiger partial charge in [0.1, 0.15) is 29.9 Å². The highest BCUT2D eigenvalue weighted by Gasteiger charge is 2.27. The van der Waals surface area contributed by atoms with Crippen molar-refractivity contribution in [1.82, 2.24) is 10.3 Å². The Kier molecular flexibility index (Phi) is 7.46. The monoisotopic (exact) mass is 442 g/mol. The first-order valence-corrected chi connectivity index (χ1v) is 11.0. The molecule has 2 aromatic heterocycles. The summed E-state index contributed by atoms with van der Waals surface area (Å²) in [5.41, 5.74) is 0.993. The number of aromatic nitrogens is 1. The van der Waals surface area contributed by atoms with E-state index in [-0.39, 0.29) is 18.4 Å². The van der Waals surface area contributed by atoms with Gasteiger partial charge in [0.05, 0.1) is 11.5 Å². The minimum Gasteiger partial charge on any atom is -0.494 e. The smallest absolute Gasteiger partial charge is 0.329 e. The van der Waals surface area contributed by atoms with E-state index in [4.69, 9.17) is 13.9 Å². The summed E-state index contributed by atoms with van der Waals surface area (Å²) in [5.74, 6) is 0.757. The second-order valence-electron chi connectivity index (χ2n) is 7.26. The van der Waals surface area contributed by atoms with E-state index < -0.39 is 12.0 Å². The predicted molar refractivity (Wildman–Crippen MR) is 118 cm³/mol. The molecule has 1 atom stereocenters. The number of aryl methyl sites for hydroxylation is 1. The molecule has 0 radical (unpaired) electrons. The van der Waals surface area contributed by atoms with Crippen LogP contribution in [0.15, 0.2) is 46.2 Å². The molecule has 164 valence electrons. The lowest BCUT2D eigenvalue weighted by atomic mass is 10.0. The minimum absolute atomic E-state index is 0.0261. The van der Waals surface area contributed by atoms with Gasteiger partial charge in [-0.15, -0.1) is 11.3 Å². The van der Waals surface area contributed by atoms with Gasteiger partial charge in [-0.3, -0.25) is 4.79 Å². The molecule has 31 heavy (non-hydrogen) atoms. The average Bonchev–Trinajstić information content (AvgIpc) is 3.40. The van der Waals surface area contributed by atoms with Gasteiger partial charge in [0.15, 0.2) is 0 Å². The molecule has 7 nitrogen and oxygen atoms in total. The van der Waals surface area contributed by atoms with Crippen molar-refractivity contribution in [3.63, 3.8) is 0 Å². The van der Waals surface area contributed by atoms with Crippen LogP contribution in [0.4, 0.5) is 0 Å². The first kappa shape index (κ1) is 22.6. The van der Waals surface area contributed by atoms with Crippen LogP contribution in [-0.2, 0) is 16.1 Å². The van der Waals surface area contributed by atoms with E-state index in [1.807, 2.05) is 38.3 Å². The third kappa shape index (κ3) is 5.73.